The minimum Gasteiger partial charge on any atom is -0.462 e. The van der Waals surface area contributed by atoms with Crippen molar-refractivity contribution < 1.29 is 17.9 Å². The summed E-state index contributed by atoms with van der Waals surface area (Å²) in [5.74, 6) is -0.514. The number of rotatable bonds is 7. The molecular weight excluding hydrogens is 290 g/mol. The minimum absolute atomic E-state index is 0.0274. The third-order valence-corrected chi connectivity index (χ3v) is 4.43. The van der Waals surface area contributed by atoms with E-state index in [1.807, 2.05) is 0 Å². The highest BCUT2D eigenvalue weighted by Gasteiger charge is 2.18. The maximum Gasteiger partial charge on any atom is 0.338 e. The van der Waals surface area contributed by atoms with Gasteiger partial charge in [0, 0.05) is 0 Å². The van der Waals surface area contributed by atoms with Gasteiger partial charge in [-0.05, 0) is 43.5 Å². The largest absolute Gasteiger partial charge is 0.462 e. The number of ether oxygens (including phenoxy) is 1. The molecule has 21 heavy (non-hydrogen) atoms. The molecule has 0 bridgehead atoms. The Bertz CT molecular complexity index is 608. The lowest BCUT2D eigenvalue weighted by Gasteiger charge is -2.10. The molecule has 1 rings (SSSR count). The normalized spacial score (nSPS) is 11.4. The van der Waals surface area contributed by atoms with Crippen molar-refractivity contribution >= 4 is 16.0 Å². The number of carbonyl (C=O) groups excluding carboxylic acids is 1. The number of sulfonamides is 1. The van der Waals surface area contributed by atoms with E-state index in [4.69, 9.17) is 9.88 Å². The van der Waals surface area contributed by atoms with Crippen LogP contribution in [0.4, 0.5) is 0 Å². The molecule has 0 aromatic heterocycles. The van der Waals surface area contributed by atoms with Crippen LogP contribution in [-0.2, 0) is 14.8 Å². The first-order chi connectivity index (χ1) is 9.77. The zero-order valence-electron chi connectivity index (χ0n) is 12.8. The van der Waals surface area contributed by atoms with Gasteiger partial charge in [0.25, 0.3) is 0 Å². The van der Waals surface area contributed by atoms with Crippen molar-refractivity contribution in [2.24, 2.45) is 5.14 Å². The maximum atomic E-state index is 12.0. The van der Waals surface area contributed by atoms with Crippen LogP contribution in [0.1, 0.15) is 54.1 Å². The molecule has 0 aliphatic rings. The van der Waals surface area contributed by atoms with Crippen molar-refractivity contribution in [1.29, 1.82) is 0 Å². The van der Waals surface area contributed by atoms with Crippen molar-refractivity contribution in [2.45, 2.75) is 51.3 Å². The number of carbonyl (C=O) groups is 1. The first kappa shape index (κ1) is 17.7. The highest BCUT2D eigenvalue weighted by atomic mass is 32.2. The van der Waals surface area contributed by atoms with Gasteiger partial charge in [-0.3, -0.25) is 0 Å². The molecule has 0 heterocycles. The van der Waals surface area contributed by atoms with Crippen LogP contribution in [0, 0.1) is 13.8 Å². The van der Waals surface area contributed by atoms with E-state index >= 15 is 0 Å². The molecule has 1 aromatic rings. The van der Waals surface area contributed by atoms with E-state index in [-0.39, 0.29) is 10.5 Å². The predicted octanol–water partition coefficient (Wildman–Crippen LogP) is 2.69. The Morgan fingerprint density at radius 3 is 2.43 bits per heavy atom. The van der Waals surface area contributed by atoms with Crippen LogP contribution < -0.4 is 5.14 Å². The van der Waals surface area contributed by atoms with Gasteiger partial charge in [0.2, 0.25) is 10.0 Å². The van der Waals surface area contributed by atoms with Gasteiger partial charge in [0.1, 0.15) is 0 Å². The standard InChI is InChI=1S/C15H23NO4S/c1-4-5-6-7-8-20-15(17)13-9-11(2)12(3)14(10-13)21(16,18)19/h9-10H,4-8H2,1-3H3,(H2,16,18,19). The molecule has 118 valence electrons. The summed E-state index contributed by atoms with van der Waals surface area (Å²) < 4.78 is 28.2. The lowest BCUT2D eigenvalue weighted by Crippen LogP contribution is -2.16. The summed E-state index contributed by atoms with van der Waals surface area (Å²) in [4.78, 5) is 11.9. The molecule has 1 aromatic carbocycles. The topological polar surface area (TPSA) is 86.5 Å². The van der Waals surface area contributed by atoms with Crippen molar-refractivity contribution in [2.75, 3.05) is 6.61 Å². The van der Waals surface area contributed by atoms with Gasteiger partial charge in [0.05, 0.1) is 17.1 Å². The third kappa shape index (κ3) is 5.13. The lowest BCUT2D eigenvalue weighted by molar-refractivity contribution is 0.0497. The Hall–Kier alpha value is -1.40. The van der Waals surface area contributed by atoms with Gasteiger partial charge in [-0.25, -0.2) is 18.4 Å². The molecule has 0 fully saturated rings. The molecule has 0 atom stereocenters. The number of unbranched alkanes of at least 4 members (excludes halogenated alkanes) is 3. The second-order valence-corrected chi connectivity index (χ2v) is 6.69. The van der Waals surface area contributed by atoms with E-state index in [9.17, 15) is 13.2 Å². The lowest BCUT2D eigenvalue weighted by atomic mass is 10.1. The quantitative estimate of drug-likeness (QED) is 0.619. The second kappa shape index (κ2) is 7.56. The van der Waals surface area contributed by atoms with Gasteiger partial charge in [0.15, 0.2) is 0 Å². The highest BCUT2D eigenvalue weighted by molar-refractivity contribution is 7.89. The fourth-order valence-electron chi connectivity index (χ4n) is 2.02. The third-order valence-electron chi connectivity index (χ3n) is 3.39. The zero-order valence-corrected chi connectivity index (χ0v) is 13.6. The maximum absolute atomic E-state index is 12.0. The van der Waals surface area contributed by atoms with Crippen LogP contribution in [0.15, 0.2) is 17.0 Å². The van der Waals surface area contributed by atoms with Crippen LogP contribution in [0.3, 0.4) is 0 Å². The Balaban J connectivity index is 2.84. The Morgan fingerprint density at radius 1 is 1.19 bits per heavy atom. The Morgan fingerprint density at radius 2 is 1.86 bits per heavy atom. The monoisotopic (exact) mass is 313 g/mol. The SMILES string of the molecule is CCCCCCOC(=O)c1cc(C)c(C)c(S(N)(=O)=O)c1. The molecular formula is C15H23NO4S. The highest BCUT2D eigenvalue weighted by Crippen LogP contribution is 2.20. The van der Waals surface area contributed by atoms with E-state index < -0.39 is 16.0 Å². The molecule has 0 radical (unpaired) electrons. The summed E-state index contributed by atoms with van der Waals surface area (Å²) in [6, 6.07) is 2.91. The first-order valence-electron chi connectivity index (χ1n) is 7.08. The van der Waals surface area contributed by atoms with Gasteiger partial charge in [-0.15, -0.1) is 0 Å². The van der Waals surface area contributed by atoms with E-state index in [1.54, 1.807) is 19.9 Å². The summed E-state index contributed by atoms with van der Waals surface area (Å²) in [7, 11) is -3.85. The van der Waals surface area contributed by atoms with Gasteiger partial charge < -0.3 is 4.74 Å². The average Bonchev–Trinajstić information content (AvgIpc) is 2.39. The summed E-state index contributed by atoms with van der Waals surface area (Å²) in [6.45, 7) is 5.85. The number of esters is 1. The molecule has 2 N–H and O–H groups in total. The van der Waals surface area contributed by atoms with E-state index in [0.29, 0.717) is 17.7 Å². The second-order valence-electron chi connectivity index (χ2n) is 5.16. The Labute approximate surface area is 126 Å². The number of hydrogen-bond acceptors (Lipinski definition) is 4. The van der Waals surface area contributed by atoms with Crippen molar-refractivity contribution in [3.63, 3.8) is 0 Å². The van der Waals surface area contributed by atoms with E-state index in [2.05, 4.69) is 6.92 Å². The average molecular weight is 313 g/mol. The molecule has 0 saturated carbocycles. The first-order valence-corrected chi connectivity index (χ1v) is 8.63. The van der Waals surface area contributed by atoms with Gasteiger partial charge in [-0.1, -0.05) is 26.2 Å². The van der Waals surface area contributed by atoms with Gasteiger partial charge >= 0.3 is 5.97 Å². The van der Waals surface area contributed by atoms with Crippen molar-refractivity contribution in [1.82, 2.24) is 0 Å². The Kier molecular flexibility index (Phi) is 6.36. The van der Waals surface area contributed by atoms with E-state index in [0.717, 1.165) is 25.7 Å². The fraction of sp³-hybridized carbons (Fsp3) is 0.533. The van der Waals surface area contributed by atoms with Crippen LogP contribution in [0.5, 0.6) is 0 Å². The molecule has 0 saturated heterocycles. The minimum atomic E-state index is -3.85. The van der Waals surface area contributed by atoms with Crippen LogP contribution in [0.25, 0.3) is 0 Å². The van der Waals surface area contributed by atoms with Crippen molar-refractivity contribution in [3.05, 3.63) is 28.8 Å². The summed E-state index contributed by atoms with van der Waals surface area (Å²) in [5, 5.41) is 5.17. The number of aryl methyl sites for hydroxylation is 1. The summed E-state index contributed by atoms with van der Waals surface area (Å²) in [5.41, 5.74) is 1.47. The predicted molar refractivity (Wildman–Crippen MR) is 81.7 cm³/mol. The van der Waals surface area contributed by atoms with Crippen LogP contribution >= 0.6 is 0 Å². The summed E-state index contributed by atoms with van der Waals surface area (Å²) >= 11 is 0. The van der Waals surface area contributed by atoms with Crippen molar-refractivity contribution in [3.8, 4) is 0 Å². The molecule has 6 heteroatoms. The van der Waals surface area contributed by atoms with Crippen LogP contribution in [-0.4, -0.2) is 21.0 Å². The number of nitrogens with two attached hydrogens (primary N) is 1. The summed E-state index contributed by atoms with van der Waals surface area (Å²) in [6.07, 6.45) is 4.05. The molecule has 0 spiro atoms. The smallest absolute Gasteiger partial charge is 0.338 e. The molecule has 0 aliphatic carbocycles. The fourth-order valence-corrected chi connectivity index (χ4v) is 2.90. The number of primary sulfonamides is 1. The number of hydrogen-bond donors (Lipinski definition) is 1. The van der Waals surface area contributed by atoms with E-state index in [1.165, 1.54) is 6.07 Å². The molecule has 5 nitrogen and oxygen atoms in total. The molecule has 0 amide bonds. The molecule has 0 unspecified atom stereocenters. The molecule has 0 aliphatic heterocycles. The number of benzene rings is 1. The zero-order chi connectivity index (χ0) is 16.0. The van der Waals surface area contributed by atoms with Crippen LogP contribution in [0.2, 0.25) is 0 Å². The van der Waals surface area contributed by atoms with Gasteiger partial charge in [-0.2, -0.15) is 0 Å².